The summed E-state index contributed by atoms with van der Waals surface area (Å²) in [7, 11) is 0. The van der Waals surface area contributed by atoms with E-state index in [0.717, 1.165) is 23.6 Å². The van der Waals surface area contributed by atoms with Crippen LogP contribution in [0.25, 0.3) is 0 Å². The topological polar surface area (TPSA) is 59.8 Å². The van der Waals surface area contributed by atoms with E-state index in [1.54, 1.807) is 12.1 Å². The van der Waals surface area contributed by atoms with Crippen molar-refractivity contribution in [2.45, 2.75) is 32.4 Å². The van der Waals surface area contributed by atoms with Crippen molar-refractivity contribution in [3.63, 3.8) is 0 Å². The molecule has 2 aliphatic heterocycles. The minimum atomic E-state index is -1.68. The molecule has 0 aromatic heterocycles. The average molecular weight is 472 g/mol. The van der Waals surface area contributed by atoms with Gasteiger partial charge >= 0.3 is 0 Å². The quantitative estimate of drug-likeness (QED) is 0.475. The molecule has 2 aromatic carbocycles. The van der Waals surface area contributed by atoms with Crippen LogP contribution >= 0.6 is 12.2 Å². The Morgan fingerprint density at radius 1 is 1.21 bits per heavy atom. The highest BCUT2D eigenvalue weighted by Gasteiger charge is 2.53. The maximum atomic E-state index is 14.7. The number of hydrogen-bond acceptors (Lipinski definition) is 5. The fourth-order valence-corrected chi connectivity index (χ4v) is 4.15. The molecule has 1 fully saturated rings. The molecule has 2 heterocycles. The number of benzene rings is 2. The molecule has 0 aliphatic carbocycles. The molecule has 2 aromatic rings. The monoisotopic (exact) mass is 472 g/mol. The fourth-order valence-electron chi connectivity index (χ4n) is 3.71. The van der Waals surface area contributed by atoms with Crippen molar-refractivity contribution >= 4 is 28.9 Å². The fraction of sp³-hybridized carbons (Fsp3) is 0.261. The van der Waals surface area contributed by atoms with Gasteiger partial charge in [0.25, 0.3) is 5.91 Å². The lowest BCUT2D eigenvalue weighted by Crippen LogP contribution is -2.46. The van der Waals surface area contributed by atoms with Crippen LogP contribution < -0.4 is 9.74 Å². The van der Waals surface area contributed by atoms with Crippen molar-refractivity contribution in [1.29, 1.82) is 5.26 Å². The molecule has 0 spiro atoms. The smallest absolute Gasteiger partial charge is 0.262 e. The number of anilines is 1. The Morgan fingerprint density at radius 2 is 1.94 bits per heavy atom. The molecule has 1 saturated heterocycles. The highest BCUT2D eigenvalue weighted by atomic mass is 32.1. The zero-order chi connectivity index (χ0) is 23.9. The first kappa shape index (κ1) is 22.6. The molecule has 0 atom stereocenters. The van der Waals surface area contributed by atoms with Gasteiger partial charge in [-0.05, 0) is 50.8 Å². The normalized spacial score (nSPS) is 17.2. The minimum Gasteiger partial charge on any atom is -0.376 e. The Balaban J connectivity index is 1.70. The molecule has 170 valence electrons. The van der Waals surface area contributed by atoms with Gasteiger partial charge in [0.1, 0.15) is 11.8 Å². The maximum Gasteiger partial charge on any atom is 0.262 e. The summed E-state index contributed by atoms with van der Waals surface area (Å²) in [4.78, 5) is 21.8. The maximum absolute atomic E-state index is 14.7. The Morgan fingerprint density at radius 3 is 2.61 bits per heavy atom. The summed E-state index contributed by atoms with van der Waals surface area (Å²) >= 11 is 5.34. The standard InChI is InChI=1S/C23H19F3N4O2S/c1-23(2)21(31)29(20-16(24)11-15(12-27)18(25)19(20)26)22(33)30(23)32-17-8-4-3-7-14(17)13-28-9-5-6-10-28/h3-5,7-9,11H,6,10,13H2,1-2H3. The van der Waals surface area contributed by atoms with E-state index in [4.69, 9.17) is 22.3 Å². The highest BCUT2D eigenvalue weighted by Crippen LogP contribution is 2.37. The molecule has 0 unspecified atom stereocenters. The second-order valence-corrected chi connectivity index (χ2v) is 8.48. The van der Waals surface area contributed by atoms with Crippen LogP contribution in [-0.2, 0) is 11.3 Å². The first-order chi connectivity index (χ1) is 15.7. The van der Waals surface area contributed by atoms with Gasteiger partial charge in [0, 0.05) is 18.7 Å². The number of halogens is 3. The highest BCUT2D eigenvalue weighted by molar-refractivity contribution is 7.80. The second-order valence-electron chi connectivity index (χ2n) is 8.11. The molecule has 0 saturated carbocycles. The van der Waals surface area contributed by atoms with Gasteiger partial charge < -0.3 is 9.74 Å². The summed E-state index contributed by atoms with van der Waals surface area (Å²) in [5.41, 5.74) is -2.45. The molecule has 6 nitrogen and oxygen atoms in total. The van der Waals surface area contributed by atoms with E-state index in [2.05, 4.69) is 11.0 Å². The molecule has 33 heavy (non-hydrogen) atoms. The first-order valence-electron chi connectivity index (χ1n) is 10.1. The van der Waals surface area contributed by atoms with Crippen molar-refractivity contribution in [2.24, 2.45) is 0 Å². The number of carbonyl (C=O) groups is 1. The Kier molecular flexibility index (Phi) is 5.76. The van der Waals surface area contributed by atoms with Crippen LogP contribution in [0.3, 0.4) is 0 Å². The van der Waals surface area contributed by atoms with Gasteiger partial charge in [-0.25, -0.2) is 18.1 Å². The molecule has 0 bridgehead atoms. The van der Waals surface area contributed by atoms with Crippen molar-refractivity contribution in [1.82, 2.24) is 9.96 Å². The Bertz CT molecular complexity index is 1220. The number of hydrogen-bond donors (Lipinski definition) is 0. The zero-order valence-electron chi connectivity index (χ0n) is 17.8. The minimum absolute atomic E-state index is 0.359. The van der Waals surface area contributed by atoms with E-state index in [1.807, 2.05) is 18.3 Å². The molecular formula is C23H19F3N4O2S. The molecule has 10 heteroatoms. The SMILES string of the molecule is CC1(C)C(=O)N(c2c(F)cc(C#N)c(F)c2F)C(=S)N1Oc1ccccc1CN1C=CCC1. The lowest BCUT2D eigenvalue weighted by molar-refractivity contribution is -0.132. The Hall–Kier alpha value is -3.58. The summed E-state index contributed by atoms with van der Waals surface area (Å²) in [6.45, 7) is 4.36. The molecule has 2 aliphatic rings. The summed E-state index contributed by atoms with van der Waals surface area (Å²) in [5.74, 6) is -4.93. The number of nitrogens with zero attached hydrogens (tertiary/aromatic N) is 4. The predicted molar refractivity (Wildman–Crippen MR) is 118 cm³/mol. The van der Waals surface area contributed by atoms with Crippen molar-refractivity contribution in [3.05, 3.63) is 71.2 Å². The van der Waals surface area contributed by atoms with E-state index in [-0.39, 0.29) is 5.11 Å². The van der Waals surface area contributed by atoms with Crippen LogP contribution in [0.5, 0.6) is 5.75 Å². The molecule has 1 amide bonds. The van der Waals surface area contributed by atoms with Crippen LogP contribution in [0.4, 0.5) is 18.9 Å². The van der Waals surface area contributed by atoms with E-state index in [9.17, 15) is 18.0 Å². The lowest BCUT2D eigenvalue weighted by atomic mass is 10.1. The van der Waals surface area contributed by atoms with E-state index in [1.165, 1.54) is 19.9 Å². The Labute approximate surface area is 194 Å². The van der Waals surface area contributed by atoms with Crippen LogP contribution in [-0.4, -0.2) is 33.1 Å². The van der Waals surface area contributed by atoms with E-state index < -0.39 is 40.1 Å². The number of para-hydroxylation sites is 1. The molecule has 0 N–H and O–H groups in total. The largest absolute Gasteiger partial charge is 0.376 e. The van der Waals surface area contributed by atoms with Gasteiger partial charge in [-0.15, -0.1) is 0 Å². The third-order valence-corrected chi connectivity index (χ3v) is 5.86. The molecule has 0 radical (unpaired) electrons. The van der Waals surface area contributed by atoms with E-state index in [0.29, 0.717) is 23.3 Å². The van der Waals surface area contributed by atoms with Crippen LogP contribution in [0.2, 0.25) is 0 Å². The van der Waals surface area contributed by atoms with Crippen molar-refractivity contribution < 1.29 is 22.8 Å². The zero-order valence-corrected chi connectivity index (χ0v) is 18.6. The molecular weight excluding hydrogens is 453 g/mol. The van der Waals surface area contributed by atoms with Crippen LogP contribution in [0.1, 0.15) is 31.4 Å². The van der Waals surface area contributed by atoms with Crippen LogP contribution in [0, 0.1) is 28.8 Å². The van der Waals surface area contributed by atoms with Gasteiger partial charge in [0.2, 0.25) is 5.11 Å². The average Bonchev–Trinajstić information content (AvgIpc) is 3.35. The number of carbonyl (C=O) groups excluding carboxylic acids is 1. The van der Waals surface area contributed by atoms with E-state index >= 15 is 0 Å². The van der Waals surface area contributed by atoms with Crippen LogP contribution in [0.15, 0.2) is 42.6 Å². The summed E-state index contributed by atoms with van der Waals surface area (Å²) in [6.07, 6.45) is 4.98. The third-order valence-electron chi connectivity index (χ3n) is 5.51. The van der Waals surface area contributed by atoms with Gasteiger partial charge in [0.15, 0.2) is 28.7 Å². The summed E-state index contributed by atoms with van der Waals surface area (Å²) in [5, 5.41) is 9.60. The first-order valence-corrected chi connectivity index (χ1v) is 10.5. The number of rotatable bonds is 5. The summed E-state index contributed by atoms with van der Waals surface area (Å²) in [6, 6.07) is 9.06. The van der Waals surface area contributed by atoms with Gasteiger partial charge in [-0.1, -0.05) is 24.3 Å². The van der Waals surface area contributed by atoms with Crippen molar-refractivity contribution in [3.8, 4) is 11.8 Å². The van der Waals surface area contributed by atoms with Gasteiger partial charge in [-0.3, -0.25) is 4.79 Å². The number of thiocarbonyl (C=S) groups is 1. The third kappa shape index (κ3) is 3.78. The predicted octanol–water partition coefficient (Wildman–Crippen LogP) is 4.40. The second kappa shape index (κ2) is 8.41. The van der Waals surface area contributed by atoms with Gasteiger partial charge in [0.05, 0.1) is 5.56 Å². The van der Waals surface area contributed by atoms with Crippen molar-refractivity contribution in [2.75, 3.05) is 11.4 Å². The lowest BCUT2D eigenvalue weighted by Gasteiger charge is -2.29. The van der Waals surface area contributed by atoms with Gasteiger partial charge in [-0.2, -0.15) is 10.3 Å². The molecule has 4 rings (SSSR count). The number of nitriles is 1. The number of hydroxylamine groups is 2. The number of amides is 1. The summed E-state index contributed by atoms with van der Waals surface area (Å²) < 4.78 is 43.6.